The van der Waals surface area contributed by atoms with E-state index in [4.69, 9.17) is 10.6 Å². The number of hydrazine groups is 1. The molecule has 0 aliphatic carbocycles. The summed E-state index contributed by atoms with van der Waals surface area (Å²) in [5.41, 5.74) is 5.63. The first-order valence-corrected chi connectivity index (χ1v) is 6.43. The Bertz CT molecular complexity index is 367. The molecular weight excluding hydrogens is 212 g/mol. The van der Waals surface area contributed by atoms with E-state index < -0.39 is 0 Å². The van der Waals surface area contributed by atoms with E-state index in [1.807, 2.05) is 0 Å². The Balaban J connectivity index is 2.27. The molecule has 0 saturated carbocycles. The van der Waals surface area contributed by atoms with E-state index in [0.717, 1.165) is 19.4 Å². The number of benzene rings is 1. The van der Waals surface area contributed by atoms with Crippen molar-refractivity contribution in [1.29, 1.82) is 0 Å². The van der Waals surface area contributed by atoms with Gasteiger partial charge in [0.2, 0.25) is 0 Å². The number of rotatable bonds is 4. The molecule has 0 aromatic heterocycles. The monoisotopic (exact) mass is 234 g/mol. The van der Waals surface area contributed by atoms with Gasteiger partial charge in [-0.1, -0.05) is 44.5 Å². The third kappa shape index (κ3) is 2.51. The van der Waals surface area contributed by atoms with Gasteiger partial charge in [-0.15, -0.1) is 0 Å². The molecule has 0 saturated heterocycles. The van der Waals surface area contributed by atoms with E-state index >= 15 is 0 Å². The van der Waals surface area contributed by atoms with Gasteiger partial charge in [0.1, 0.15) is 0 Å². The van der Waals surface area contributed by atoms with Gasteiger partial charge in [0, 0.05) is 0 Å². The molecule has 1 aromatic rings. The molecule has 1 aliphatic heterocycles. The van der Waals surface area contributed by atoms with Crippen LogP contribution < -0.4 is 11.3 Å². The summed E-state index contributed by atoms with van der Waals surface area (Å²) in [6, 6.07) is 8.70. The number of fused-ring (bicyclic) bond motifs is 1. The second-order valence-corrected chi connectivity index (χ2v) is 4.82. The summed E-state index contributed by atoms with van der Waals surface area (Å²) in [4.78, 5) is 0. The molecule has 0 spiro atoms. The van der Waals surface area contributed by atoms with Crippen LogP contribution in [-0.4, -0.2) is 12.6 Å². The Morgan fingerprint density at radius 3 is 2.94 bits per heavy atom. The first-order chi connectivity index (χ1) is 8.27. The lowest BCUT2D eigenvalue weighted by Gasteiger charge is -2.35. The van der Waals surface area contributed by atoms with Crippen LogP contribution in [0.2, 0.25) is 0 Å². The molecule has 1 aliphatic rings. The van der Waals surface area contributed by atoms with Crippen LogP contribution in [0.4, 0.5) is 0 Å². The van der Waals surface area contributed by atoms with E-state index in [1.165, 1.54) is 11.1 Å². The van der Waals surface area contributed by atoms with Crippen molar-refractivity contribution in [1.82, 2.24) is 5.43 Å². The summed E-state index contributed by atoms with van der Waals surface area (Å²) < 4.78 is 5.94. The van der Waals surface area contributed by atoms with E-state index in [-0.39, 0.29) is 12.1 Å². The molecule has 0 amide bonds. The highest BCUT2D eigenvalue weighted by Gasteiger charge is 2.30. The summed E-state index contributed by atoms with van der Waals surface area (Å²) in [5, 5.41) is 0. The summed E-state index contributed by atoms with van der Waals surface area (Å²) >= 11 is 0. The Labute approximate surface area is 103 Å². The minimum absolute atomic E-state index is 0.0832. The molecule has 3 N–H and O–H groups in total. The van der Waals surface area contributed by atoms with Gasteiger partial charge in [0.05, 0.1) is 18.8 Å². The normalized spacial score (nSPS) is 22.9. The maximum Gasteiger partial charge on any atom is 0.0996 e. The fourth-order valence-electron chi connectivity index (χ4n) is 2.53. The van der Waals surface area contributed by atoms with Crippen molar-refractivity contribution in [2.75, 3.05) is 6.61 Å². The third-order valence-electron chi connectivity index (χ3n) is 3.81. The topological polar surface area (TPSA) is 47.3 Å². The van der Waals surface area contributed by atoms with Gasteiger partial charge in [-0.2, -0.15) is 0 Å². The molecular formula is C14H22N2O. The minimum Gasteiger partial charge on any atom is -0.371 e. The quantitative estimate of drug-likeness (QED) is 0.620. The zero-order chi connectivity index (χ0) is 12.3. The molecule has 17 heavy (non-hydrogen) atoms. The highest BCUT2D eigenvalue weighted by molar-refractivity contribution is 5.32. The van der Waals surface area contributed by atoms with Crippen molar-refractivity contribution in [2.45, 2.75) is 38.8 Å². The maximum absolute atomic E-state index is 5.94. The molecule has 0 fully saturated rings. The van der Waals surface area contributed by atoms with Gasteiger partial charge in [-0.3, -0.25) is 11.3 Å². The molecule has 1 aromatic carbocycles. The SMILES string of the molecule is CCC(C)C(NN)C1OCCc2ccccc21. The van der Waals surface area contributed by atoms with Crippen molar-refractivity contribution < 1.29 is 4.74 Å². The smallest absolute Gasteiger partial charge is 0.0996 e. The van der Waals surface area contributed by atoms with Crippen molar-refractivity contribution in [3.63, 3.8) is 0 Å². The van der Waals surface area contributed by atoms with Gasteiger partial charge in [0.15, 0.2) is 0 Å². The van der Waals surface area contributed by atoms with Gasteiger partial charge < -0.3 is 4.74 Å². The molecule has 3 nitrogen and oxygen atoms in total. The van der Waals surface area contributed by atoms with Crippen LogP contribution in [0.5, 0.6) is 0 Å². The average molecular weight is 234 g/mol. The van der Waals surface area contributed by atoms with Crippen molar-refractivity contribution in [3.05, 3.63) is 35.4 Å². The van der Waals surface area contributed by atoms with Crippen LogP contribution >= 0.6 is 0 Å². The number of hydrogen-bond donors (Lipinski definition) is 2. The van der Waals surface area contributed by atoms with Crippen LogP contribution in [0.3, 0.4) is 0 Å². The standard InChI is InChI=1S/C14H22N2O/c1-3-10(2)13(16-15)14-12-7-5-4-6-11(12)8-9-17-14/h4-7,10,13-14,16H,3,8-9,15H2,1-2H3. The highest BCUT2D eigenvalue weighted by atomic mass is 16.5. The molecule has 94 valence electrons. The molecule has 0 radical (unpaired) electrons. The predicted octanol–water partition coefficient (Wildman–Crippen LogP) is 2.18. The fourth-order valence-corrected chi connectivity index (χ4v) is 2.53. The van der Waals surface area contributed by atoms with E-state index in [2.05, 4.69) is 43.5 Å². The second kappa shape index (κ2) is 5.63. The van der Waals surface area contributed by atoms with Crippen molar-refractivity contribution >= 4 is 0 Å². The Morgan fingerprint density at radius 1 is 1.47 bits per heavy atom. The second-order valence-electron chi connectivity index (χ2n) is 4.82. The van der Waals surface area contributed by atoms with Crippen molar-refractivity contribution in [3.8, 4) is 0 Å². The molecule has 3 atom stereocenters. The molecule has 0 bridgehead atoms. The van der Waals surface area contributed by atoms with Gasteiger partial charge >= 0.3 is 0 Å². The summed E-state index contributed by atoms with van der Waals surface area (Å²) in [7, 11) is 0. The molecule has 3 unspecified atom stereocenters. The Kier molecular flexibility index (Phi) is 4.15. The maximum atomic E-state index is 5.94. The number of hydrogen-bond acceptors (Lipinski definition) is 3. The van der Waals surface area contributed by atoms with Crippen LogP contribution in [0, 0.1) is 5.92 Å². The van der Waals surface area contributed by atoms with Crippen LogP contribution in [0.25, 0.3) is 0 Å². The van der Waals surface area contributed by atoms with E-state index in [9.17, 15) is 0 Å². The van der Waals surface area contributed by atoms with Crippen molar-refractivity contribution in [2.24, 2.45) is 11.8 Å². The fraction of sp³-hybridized carbons (Fsp3) is 0.571. The highest BCUT2D eigenvalue weighted by Crippen LogP contribution is 2.32. The summed E-state index contributed by atoms with van der Waals surface area (Å²) in [5.74, 6) is 6.20. The third-order valence-corrected chi connectivity index (χ3v) is 3.81. The zero-order valence-electron chi connectivity index (χ0n) is 10.6. The lowest BCUT2D eigenvalue weighted by Crippen LogP contribution is -2.46. The van der Waals surface area contributed by atoms with Gasteiger partial charge in [0.25, 0.3) is 0 Å². The lowest BCUT2D eigenvalue weighted by molar-refractivity contribution is 0.00120. The number of nitrogens with two attached hydrogens (primary N) is 1. The molecule has 1 heterocycles. The van der Waals surface area contributed by atoms with Crippen LogP contribution in [0.1, 0.15) is 37.5 Å². The summed E-state index contributed by atoms with van der Waals surface area (Å²) in [6.45, 7) is 5.19. The van der Waals surface area contributed by atoms with Gasteiger partial charge in [-0.25, -0.2) is 0 Å². The lowest BCUT2D eigenvalue weighted by atomic mass is 9.87. The molecule has 2 rings (SSSR count). The minimum atomic E-state index is 0.0832. The van der Waals surface area contributed by atoms with Crippen LogP contribution in [-0.2, 0) is 11.2 Å². The summed E-state index contributed by atoms with van der Waals surface area (Å²) in [6.07, 6.45) is 2.18. The largest absolute Gasteiger partial charge is 0.371 e. The first kappa shape index (κ1) is 12.6. The predicted molar refractivity (Wildman–Crippen MR) is 69.4 cm³/mol. The first-order valence-electron chi connectivity index (χ1n) is 6.43. The number of ether oxygens (including phenoxy) is 1. The Morgan fingerprint density at radius 2 is 2.24 bits per heavy atom. The number of nitrogens with one attached hydrogen (secondary N) is 1. The average Bonchev–Trinajstić information content (AvgIpc) is 2.39. The molecule has 3 heteroatoms. The van der Waals surface area contributed by atoms with E-state index in [1.54, 1.807) is 0 Å². The zero-order valence-corrected chi connectivity index (χ0v) is 10.6. The van der Waals surface area contributed by atoms with E-state index in [0.29, 0.717) is 5.92 Å². The van der Waals surface area contributed by atoms with Gasteiger partial charge in [-0.05, 0) is 23.5 Å². The Hall–Kier alpha value is -0.900. The van der Waals surface area contributed by atoms with Crippen LogP contribution in [0.15, 0.2) is 24.3 Å².